The lowest BCUT2D eigenvalue weighted by atomic mass is 9.64. The Hall–Kier alpha value is -1.77. The van der Waals surface area contributed by atoms with E-state index in [1.54, 1.807) is 0 Å². The van der Waals surface area contributed by atoms with Gasteiger partial charge in [0.05, 0.1) is 6.42 Å². The molecule has 0 amide bonds. The highest BCUT2D eigenvalue weighted by Crippen LogP contribution is 2.47. The van der Waals surface area contributed by atoms with E-state index >= 15 is 0 Å². The Bertz CT molecular complexity index is 608. The first kappa shape index (κ1) is 11.3. The van der Waals surface area contributed by atoms with Crippen LogP contribution >= 0.6 is 0 Å². The van der Waals surface area contributed by atoms with Crippen LogP contribution < -0.4 is 0 Å². The first-order valence-electron chi connectivity index (χ1n) is 6.39. The van der Waals surface area contributed by atoms with E-state index < -0.39 is 5.97 Å². The van der Waals surface area contributed by atoms with Crippen LogP contribution in [0.1, 0.15) is 31.4 Å². The lowest BCUT2D eigenvalue weighted by Gasteiger charge is -2.41. The van der Waals surface area contributed by atoms with Gasteiger partial charge >= 0.3 is 5.97 Å². The molecule has 1 heterocycles. The number of fused-ring (bicyclic) bond motifs is 1. The molecule has 1 N–H and O–H groups in total. The van der Waals surface area contributed by atoms with E-state index in [9.17, 15) is 4.79 Å². The van der Waals surface area contributed by atoms with Crippen LogP contribution in [0.3, 0.4) is 0 Å². The van der Waals surface area contributed by atoms with E-state index in [1.165, 1.54) is 16.6 Å². The summed E-state index contributed by atoms with van der Waals surface area (Å²) >= 11 is 0. The molecule has 2 aromatic rings. The van der Waals surface area contributed by atoms with Gasteiger partial charge in [0.1, 0.15) is 0 Å². The van der Waals surface area contributed by atoms with Crippen molar-refractivity contribution in [3.63, 3.8) is 0 Å². The van der Waals surface area contributed by atoms with Gasteiger partial charge in [-0.05, 0) is 30.4 Å². The van der Waals surface area contributed by atoms with Crippen molar-refractivity contribution < 1.29 is 9.90 Å². The fraction of sp³-hybridized carbons (Fsp3) is 0.400. The van der Waals surface area contributed by atoms with Crippen LogP contribution in [0.2, 0.25) is 0 Å². The van der Waals surface area contributed by atoms with Crippen molar-refractivity contribution >= 4 is 16.9 Å². The third-order valence-corrected chi connectivity index (χ3v) is 4.30. The highest BCUT2D eigenvalue weighted by Gasteiger charge is 2.42. The third-order valence-electron chi connectivity index (χ3n) is 4.30. The SMILES string of the molecule is Cn1c(C2(CC(=O)O)CCC2)cc2ccccc21. The maximum atomic E-state index is 11.1. The Morgan fingerprint density at radius 2 is 2.11 bits per heavy atom. The minimum atomic E-state index is -0.694. The molecule has 0 aliphatic heterocycles. The topological polar surface area (TPSA) is 42.2 Å². The van der Waals surface area contributed by atoms with E-state index in [2.05, 4.69) is 22.8 Å². The third kappa shape index (κ3) is 1.54. The Morgan fingerprint density at radius 1 is 1.39 bits per heavy atom. The standard InChI is InChI=1S/C15H17NO2/c1-16-12-6-3-2-5-11(12)9-13(16)15(7-4-8-15)10-14(17)18/h2-3,5-6,9H,4,7-8,10H2,1H3,(H,17,18). The molecule has 0 bridgehead atoms. The number of para-hydroxylation sites is 1. The van der Waals surface area contributed by atoms with Crippen molar-refractivity contribution in [3.8, 4) is 0 Å². The zero-order chi connectivity index (χ0) is 12.8. The molecule has 3 nitrogen and oxygen atoms in total. The number of hydrogen-bond donors (Lipinski definition) is 1. The van der Waals surface area contributed by atoms with Crippen LogP contribution in [0.5, 0.6) is 0 Å². The second kappa shape index (κ2) is 3.87. The summed E-state index contributed by atoms with van der Waals surface area (Å²) in [6.45, 7) is 0. The monoisotopic (exact) mass is 243 g/mol. The second-order valence-corrected chi connectivity index (χ2v) is 5.35. The molecular formula is C15H17NO2. The van der Waals surface area contributed by atoms with Crippen LogP contribution in [-0.2, 0) is 17.3 Å². The number of hydrogen-bond acceptors (Lipinski definition) is 1. The minimum absolute atomic E-state index is 0.139. The van der Waals surface area contributed by atoms with Crippen molar-refractivity contribution in [2.24, 2.45) is 7.05 Å². The molecule has 94 valence electrons. The van der Waals surface area contributed by atoms with Gasteiger partial charge in [-0.25, -0.2) is 0 Å². The summed E-state index contributed by atoms with van der Waals surface area (Å²) < 4.78 is 2.16. The van der Waals surface area contributed by atoms with Crippen LogP contribution in [0.25, 0.3) is 10.9 Å². The number of carboxylic acid groups (broad SMARTS) is 1. The van der Waals surface area contributed by atoms with Gasteiger partial charge in [-0.2, -0.15) is 0 Å². The van der Waals surface area contributed by atoms with Gasteiger partial charge < -0.3 is 9.67 Å². The van der Waals surface area contributed by atoms with E-state index in [4.69, 9.17) is 5.11 Å². The molecule has 3 rings (SSSR count). The zero-order valence-electron chi connectivity index (χ0n) is 10.5. The summed E-state index contributed by atoms with van der Waals surface area (Å²) in [4.78, 5) is 11.1. The minimum Gasteiger partial charge on any atom is -0.481 e. The smallest absolute Gasteiger partial charge is 0.304 e. The number of benzene rings is 1. The maximum Gasteiger partial charge on any atom is 0.304 e. The molecule has 0 unspecified atom stereocenters. The number of nitrogens with zero attached hydrogens (tertiary/aromatic N) is 1. The van der Waals surface area contributed by atoms with Gasteiger partial charge in [-0.15, -0.1) is 0 Å². The average Bonchev–Trinajstić information content (AvgIpc) is 2.62. The highest BCUT2D eigenvalue weighted by molar-refractivity contribution is 5.82. The van der Waals surface area contributed by atoms with E-state index in [0.29, 0.717) is 0 Å². The molecule has 0 radical (unpaired) electrons. The van der Waals surface area contributed by atoms with Gasteiger partial charge in [0.15, 0.2) is 0 Å². The number of aryl methyl sites for hydroxylation is 1. The van der Waals surface area contributed by atoms with Crippen LogP contribution in [0.15, 0.2) is 30.3 Å². The number of carboxylic acids is 1. The molecule has 1 aromatic heterocycles. The maximum absolute atomic E-state index is 11.1. The van der Waals surface area contributed by atoms with Crippen molar-refractivity contribution in [1.29, 1.82) is 0 Å². The second-order valence-electron chi connectivity index (χ2n) is 5.35. The van der Waals surface area contributed by atoms with E-state index in [-0.39, 0.29) is 11.8 Å². The summed E-state index contributed by atoms with van der Waals surface area (Å²) in [5, 5.41) is 10.3. The van der Waals surface area contributed by atoms with Gasteiger partial charge in [0, 0.05) is 23.7 Å². The molecule has 0 saturated heterocycles. The lowest BCUT2D eigenvalue weighted by Crippen LogP contribution is -2.38. The molecular weight excluding hydrogens is 226 g/mol. The van der Waals surface area contributed by atoms with E-state index in [1.807, 2.05) is 19.2 Å². The van der Waals surface area contributed by atoms with E-state index in [0.717, 1.165) is 19.3 Å². The molecule has 1 aliphatic carbocycles. The Kier molecular flexibility index (Phi) is 2.44. The summed E-state index contributed by atoms with van der Waals surface area (Å²) in [5.41, 5.74) is 2.22. The average molecular weight is 243 g/mol. The number of rotatable bonds is 3. The highest BCUT2D eigenvalue weighted by atomic mass is 16.4. The summed E-state index contributed by atoms with van der Waals surface area (Å²) in [7, 11) is 2.04. The summed E-state index contributed by atoms with van der Waals surface area (Å²) in [5.74, 6) is -0.694. The van der Waals surface area contributed by atoms with Gasteiger partial charge in [0.2, 0.25) is 0 Å². The Morgan fingerprint density at radius 3 is 2.67 bits per heavy atom. The van der Waals surface area contributed by atoms with Gasteiger partial charge in [-0.1, -0.05) is 24.6 Å². The predicted octanol–water partition coefficient (Wildman–Crippen LogP) is 3.07. The molecule has 3 heteroatoms. The quantitative estimate of drug-likeness (QED) is 0.900. The molecule has 1 saturated carbocycles. The lowest BCUT2D eigenvalue weighted by molar-refractivity contribution is -0.139. The van der Waals surface area contributed by atoms with Gasteiger partial charge in [-0.3, -0.25) is 4.79 Å². The largest absolute Gasteiger partial charge is 0.481 e. The summed E-state index contributed by atoms with van der Waals surface area (Å²) in [6.07, 6.45) is 3.36. The Labute approximate surface area is 106 Å². The van der Waals surface area contributed by atoms with Crippen LogP contribution in [0.4, 0.5) is 0 Å². The number of aromatic nitrogens is 1. The fourth-order valence-corrected chi connectivity index (χ4v) is 3.21. The van der Waals surface area contributed by atoms with Crippen molar-refractivity contribution in [3.05, 3.63) is 36.0 Å². The fourth-order valence-electron chi connectivity index (χ4n) is 3.21. The normalized spacial score (nSPS) is 17.6. The molecule has 1 aliphatic rings. The van der Waals surface area contributed by atoms with Crippen molar-refractivity contribution in [1.82, 2.24) is 4.57 Å². The summed E-state index contributed by atoms with van der Waals surface area (Å²) in [6, 6.07) is 10.4. The Balaban J connectivity index is 2.13. The van der Waals surface area contributed by atoms with Crippen molar-refractivity contribution in [2.45, 2.75) is 31.1 Å². The molecule has 0 atom stereocenters. The predicted molar refractivity (Wildman–Crippen MR) is 70.7 cm³/mol. The first-order valence-corrected chi connectivity index (χ1v) is 6.39. The zero-order valence-corrected chi connectivity index (χ0v) is 10.5. The number of carbonyl (C=O) groups is 1. The molecule has 1 aromatic carbocycles. The molecule has 1 fully saturated rings. The number of aliphatic carboxylic acids is 1. The van der Waals surface area contributed by atoms with Crippen LogP contribution in [0, 0.1) is 0 Å². The molecule has 18 heavy (non-hydrogen) atoms. The van der Waals surface area contributed by atoms with Gasteiger partial charge in [0.25, 0.3) is 0 Å². The van der Waals surface area contributed by atoms with Crippen LogP contribution in [-0.4, -0.2) is 15.6 Å². The van der Waals surface area contributed by atoms with Crippen molar-refractivity contribution in [2.75, 3.05) is 0 Å². The molecule has 0 spiro atoms. The first-order chi connectivity index (χ1) is 8.62.